The molecule has 108 valence electrons. The molecular formula is C16H16N2O3. The third-order valence-electron chi connectivity index (χ3n) is 3.36. The van der Waals surface area contributed by atoms with Crippen molar-refractivity contribution in [3.8, 4) is 0 Å². The highest BCUT2D eigenvalue weighted by Crippen LogP contribution is 2.15. The van der Waals surface area contributed by atoms with E-state index in [4.69, 9.17) is 0 Å². The number of nitrogens with one attached hydrogen (secondary N) is 1. The number of rotatable bonds is 5. The lowest BCUT2D eigenvalue weighted by Crippen LogP contribution is -2.14. The van der Waals surface area contributed by atoms with Crippen LogP contribution in [0, 0.1) is 24.0 Å². The monoisotopic (exact) mass is 284 g/mol. The topological polar surface area (TPSA) is 72.2 Å². The molecule has 0 saturated carbocycles. The van der Waals surface area contributed by atoms with Crippen LogP contribution in [0.15, 0.2) is 42.5 Å². The number of hydrogen-bond acceptors (Lipinski definition) is 4. The minimum atomic E-state index is -0.485. The third-order valence-corrected chi connectivity index (χ3v) is 3.36. The molecule has 5 nitrogen and oxygen atoms in total. The Labute approximate surface area is 122 Å². The summed E-state index contributed by atoms with van der Waals surface area (Å²) in [5.41, 5.74) is 3.67. The Morgan fingerprint density at radius 3 is 2.33 bits per heavy atom. The second-order valence-electron chi connectivity index (χ2n) is 4.88. The first kappa shape index (κ1) is 14.7. The fourth-order valence-electron chi connectivity index (χ4n) is 1.90. The Morgan fingerprint density at radius 2 is 1.76 bits per heavy atom. The maximum Gasteiger partial charge on any atom is 0.269 e. The van der Waals surface area contributed by atoms with E-state index in [9.17, 15) is 14.9 Å². The van der Waals surface area contributed by atoms with Gasteiger partial charge in [-0.3, -0.25) is 14.9 Å². The number of hydrogen-bond donors (Lipinski definition) is 1. The number of benzene rings is 2. The van der Waals surface area contributed by atoms with Crippen LogP contribution >= 0.6 is 0 Å². The van der Waals surface area contributed by atoms with Gasteiger partial charge >= 0.3 is 0 Å². The van der Waals surface area contributed by atoms with E-state index in [0.717, 1.165) is 11.3 Å². The number of ketones is 1. The molecule has 0 unspecified atom stereocenters. The quantitative estimate of drug-likeness (QED) is 0.518. The van der Waals surface area contributed by atoms with Crippen molar-refractivity contribution in [1.82, 2.24) is 0 Å². The number of aryl methyl sites for hydroxylation is 2. The number of carbonyl (C=O) groups is 1. The van der Waals surface area contributed by atoms with Crippen LogP contribution in [0.2, 0.25) is 0 Å². The van der Waals surface area contributed by atoms with Gasteiger partial charge in [0.15, 0.2) is 5.78 Å². The molecule has 1 N–H and O–H groups in total. The van der Waals surface area contributed by atoms with Crippen molar-refractivity contribution in [2.75, 3.05) is 11.9 Å². The maximum atomic E-state index is 12.0. The summed E-state index contributed by atoms with van der Waals surface area (Å²) in [6.45, 7) is 4.19. The number of anilines is 1. The second-order valence-corrected chi connectivity index (χ2v) is 4.88. The van der Waals surface area contributed by atoms with E-state index in [1.165, 1.54) is 29.8 Å². The fourth-order valence-corrected chi connectivity index (χ4v) is 1.90. The molecule has 0 aliphatic carbocycles. The minimum Gasteiger partial charge on any atom is -0.378 e. The van der Waals surface area contributed by atoms with Gasteiger partial charge in [-0.25, -0.2) is 0 Å². The number of Topliss-reactive ketones (excluding diaryl/α,β-unsaturated/α-hetero) is 1. The highest BCUT2D eigenvalue weighted by Gasteiger charge is 2.09. The zero-order valence-electron chi connectivity index (χ0n) is 11.9. The van der Waals surface area contributed by atoms with E-state index < -0.39 is 4.92 Å². The first-order valence-corrected chi connectivity index (χ1v) is 6.56. The van der Waals surface area contributed by atoms with E-state index in [1.807, 2.05) is 32.0 Å². The molecule has 0 bridgehead atoms. The summed E-state index contributed by atoms with van der Waals surface area (Å²) in [5.74, 6) is -0.108. The van der Waals surface area contributed by atoms with Gasteiger partial charge in [0.25, 0.3) is 5.69 Å². The first-order chi connectivity index (χ1) is 9.97. The molecule has 2 aromatic rings. The maximum absolute atomic E-state index is 12.0. The molecule has 0 aliphatic heterocycles. The molecule has 0 atom stereocenters. The Hall–Kier alpha value is -2.69. The molecule has 0 fully saturated rings. The van der Waals surface area contributed by atoms with Gasteiger partial charge in [0.2, 0.25) is 0 Å². The van der Waals surface area contributed by atoms with Crippen LogP contribution in [0.3, 0.4) is 0 Å². The van der Waals surface area contributed by atoms with Crippen LogP contribution in [0.1, 0.15) is 21.5 Å². The number of nitro groups is 1. The average Bonchev–Trinajstić information content (AvgIpc) is 2.48. The lowest BCUT2D eigenvalue weighted by Gasteiger charge is -2.08. The second kappa shape index (κ2) is 6.17. The van der Waals surface area contributed by atoms with Gasteiger partial charge < -0.3 is 5.32 Å². The fraction of sp³-hybridized carbons (Fsp3) is 0.188. The van der Waals surface area contributed by atoms with Crippen molar-refractivity contribution in [1.29, 1.82) is 0 Å². The van der Waals surface area contributed by atoms with Crippen LogP contribution in [0.4, 0.5) is 11.4 Å². The van der Waals surface area contributed by atoms with E-state index in [2.05, 4.69) is 5.32 Å². The van der Waals surface area contributed by atoms with Gasteiger partial charge in [0, 0.05) is 23.4 Å². The molecule has 2 aromatic carbocycles. The Balaban J connectivity index is 2.01. The van der Waals surface area contributed by atoms with Crippen molar-refractivity contribution in [3.63, 3.8) is 0 Å². The Bertz CT molecular complexity index is 678. The smallest absolute Gasteiger partial charge is 0.269 e. The number of nitrogens with zero attached hydrogens (tertiary/aromatic N) is 1. The van der Waals surface area contributed by atoms with Crippen molar-refractivity contribution in [3.05, 3.63) is 69.3 Å². The number of non-ortho nitro benzene ring substituents is 1. The zero-order valence-corrected chi connectivity index (χ0v) is 11.9. The molecular weight excluding hydrogens is 268 g/mol. The summed E-state index contributed by atoms with van der Waals surface area (Å²) in [5, 5.41) is 13.6. The largest absolute Gasteiger partial charge is 0.378 e. The van der Waals surface area contributed by atoms with Gasteiger partial charge in [0.1, 0.15) is 0 Å². The molecule has 0 amide bonds. The van der Waals surface area contributed by atoms with Crippen LogP contribution < -0.4 is 5.32 Å². The normalized spacial score (nSPS) is 10.2. The van der Waals surface area contributed by atoms with Crippen LogP contribution in [-0.2, 0) is 0 Å². The van der Waals surface area contributed by atoms with Gasteiger partial charge in [-0.1, -0.05) is 6.07 Å². The highest BCUT2D eigenvalue weighted by atomic mass is 16.6. The third kappa shape index (κ3) is 3.66. The molecule has 0 radical (unpaired) electrons. The van der Waals surface area contributed by atoms with Gasteiger partial charge in [-0.05, 0) is 49.2 Å². The van der Waals surface area contributed by atoms with E-state index in [1.54, 1.807) is 0 Å². The van der Waals surface area contributed by atoms with E-state index >= 15 is 0 Å². The molecule has 0 heterocycles. The predicted octanol–water partition coefficient (Wildman–Crippen LogP) is 3.51. The molecule has 0 saturated heterocycles. The minimum absolute atomic E-state index is 0.0198. The van der Waals surface area contributed by atoms with Crippen molar-refractivity contribution >= 4 is 17.2 Å². The summed E-state index contributed by atoms with van der Waals surface area (Å²) in [6.07, 6.45) is 0. The molecule has 0 spiro atoms. The number of nitro benzene ring substituents is 1. The standard InChI is InChI=1S/C16H16N2O3/c1-11-3-6-14(9-12(11)2)17-10-16(19)13-4-7-15(8-5-13)18(20)21/h3-9,17H,10H2,1-2H3. The summed E-state index contributed by atoms with van der Waals surface area (Å²) in [7, 11) is 0. The van der Waals surface area contributed by atoms with Crippen molar-refractivity contribution < 1.29 is 9.72 Å². The lowest BCUT2D eigenvalue weighted by atomic mass is 10.1. The SMILES string of the molecule is Cc1ccc(NCC(=O)c2ccc([N+](=O)[O-])cc2)cc1C. The van der Waals surface area contributed by atoms with Gasteiger partial charge in [-0.2, -0.15) is 0 Å². The van der Waals surface area contributed by atoms with Crippen LogP contribution in [-0.4, -0.2) is 17.3 Å². The Morgan fingerprint density at radius 1 is 1.10 bits per heavy atom. The summed E-state index contributed by atoms with van der Waals surface area (Å²) in [4.78, 5) is 22.1. The van der Waals surface area contributed by atoms with Gasteiger partial charge in [0.05, 0.1) is 11.5 Å². The lowest BCUT2D eigenvalue weighted by molar-refractivity contribution is -0.384. The predicted molar refractivity (Wildman–Crippen MR) is 81.8 cm³/mol. The molecule has 0 aliphatic rings. The van der Waals surface area contributed by atoms with Gasteiger partial charge in [-0.15, -0.1) is 0 Å². The van der Waals surface area contributed by atoms with E-state index in [0.29, 0.717) is 5.56 Å². The zero-order chi connectivity index (χ0) is 15.4. The van der Waals surface area contributed by atoms with E-state index in [-0.39, 0.29) is 18.0 Å². The molecule has 21 heavy (non-hydrogen) atoms. The van der Waals surface area contributed by atoms with Crippen molar-refractivity contribution in [2.45, 2.75) is 13.8 Å². The molecule has 0 aromatic heterocycles. The average molecular weight is 284 g/mol. The van der Waals surface area contributed by atoms with Crippen LogP contribution in [0.5, 0.6) is 0 Å². The summed E-state index contributed by atoms with van der Waals surface area (Å²) in [6, 6.07) is 11.5. The molecule has 5 heteroatoms. The highest BCUT2D eigenvalue weighted by molar-refractivity contribution is 5.99. The summed E-state index contributed by atoms with van der Waals surface area (Å²) >= 11 is 0. The number of carbonyl (C=O) groups excluding carboxylic acids is 1. The van der Waals surface area contributed by atoms with Crippen LogP contribution in [0.25, 0.3) is 0 Å². The Kier molecular flexibility index (Phi) is 4.33. The molecule has 2 rings (SSSR count). The van der Waals surface area contributed by atoms with Crippen molar-refractivity contribution in [2.24, 2.45) is 0 Å². The first-order valence-electron chi connectivity index (χ1n) is 6.56. The summed E-state index contributed by atoms with van der Waals surface area (Å²) < 4.78 is 0.